The standard InChI is InChI=1S/C14H21NO/c1-11-8-14(16-2)6-5-13(11)9-12-4-3-7-15-10-12/h5-6,8,12,15H,3-4,7,9-10H2,1-2H3. The maximum absolute atomic E-state index is 5.23. The van der Waals surface area contributed by atoms with Gasteiger partial charge in [0.2, 0.25) is 0 Å². The molecule has 1 unspecified atom stereocenters. The van der Waals surface area contributed by atoms with Gasteiger partial charge in [0.25, 0.3) is 0 Å². The predicted molar refractivity (Wildman–Crippen MR) is 67.0 cm³/mol. The summed E-state index contributed by atoms with van der Waals surface area (Å²) in [6, 6.07) is 6.41. The van der Waals surface area contributed by atoms with Crippen LogP contribution in [0, 0.1) is 12.8 Å². The molecule has 1 aromatic carbocycles. The van der Waals surface area contributed by atoms with Crippen LogP contribution in [0.2, 0.25) is 0 Å². The number of methoxy groups -OCH3 is 1. The Morgan fingerprint density at radius 1 is 1.44 bits per heavy atom. The third-order valence-electron chi connectivity index (χ3n) is 3.46. The van der Waals surface area contributed by atoms with Crippen LogP contribution in [0.4, 0.5) is 0 Å². The lowest BCUT2D eigenvalue weighted by molar-refractivity contribution is 0.375. The van der Waals surface area contributed by atoms with Gasteiger partial charge >= 0.3 is 0 Å². The molecule has 1 fully saturated rings. The van der Waals surface area contributed by atoms with Gasteiger partial charge in [0.1, 0.15) is 5.75 Å². The second kappa shape index (κ2) is 5.35. The summed E-state index contributed by atoms with van der Waals surface area (Å²) in [7, 11) is 1.72. The number of benzene rings is 1. The number of hydrogen-bond donors (Lipinski definition) is 1. The summed E-state index contributed by atoms with van der Waals surface area (Å²) < 4.78 is 5.23. The molecule has 0 spiro atoms. The van der Waals surface area contributed by atoms with Crippen LogP contribution in [0.3, 0.4) is 0 Å². The fourth-order valence-electron chi connectivity index (χ4n) is 2.43. The fraction of sp³-hybridized carbons (Fsp3) is 0.571. The molecule has 88 valence electrons. The quantitative estimate of drug-likeness (QED) is 0.843. The lowest BCUT2D eigenvalue weighted by Gasteiger charge is -2.23. The molecule has 0 aromatic heterocycles. The number of piperidine rings is 1. The van der Waals surface area contributed by atoms with E-state index in [4.69, 9.17) is 4.74 Å². The summed E-state index contributed by atoms with van der Waals surface area (Å²) in [4.78, 5) is 0. The molecule has 1 heterocycles. The van der Waals surface area contributed by atoms with Crippen molar-refractivity contribution in [1.82, 2.24) is 5.32 Å². The first-order valence-electron chi connectivity index (χ1n) is 6.14. The van der Waals surface area contributed by atoms with Crippen LogP contribution in [-0.4, -0.2) is 20.2 Å². The molecule has 1 N–H and O–H groups in total. The minimum Gasteiger partial charge on any atom is -0.497 e. The first kappa shape index (κ1) is 11.5. The van der Waals surface area contributed by atoms with E-state index in [1.807, 2.05) is 0 Å². The Balaban J connectivity index is 2.03. The summed E-state index contributed by atoms with van der Waals surface area (Å²) >= 11 is 0. The number of aryl methyl sites for hydroxylation is 1. The Labute approximate surface area is 98.0 Å². The molecule has 0 saturated carbocycles. The smallest absolute Gasteiger partial charge is 0.119 e. The number of hydrogen-bond acceptors (Lipinski definition) is 2. The summed E-state index contributed by atoms with van der Waals surface area (Å²) in [6.45, 7) is 4.54. The van der Waals surface area contributed by atoms with E-state index in [1.165, 1.54) is 43.5 Å². The van der Waals surface area contributed by atoms with E-state index in [-0.39, 0.29) is 0 Å². The van der Waals surface area contributed by atoms with Crippen molar-refractivity contribution >= 4 is 0 Å². The lowest BCUT2D eigenvalue weighted by atomic mass is 9.90. The highest BCUT2D eigenvalue weighted by molar-refractivity contribution is 5.35. The van der Waals surface area contributed by atoms with Gasteiger partial charge in [-0.25, -0.2) is 0 Å². The van der Waals surface area contributed by atoms with Crippen molar-refractivity contribution in [1.29, 1.82) is 0 Å². The van der Waals surface area contributed by atoms with E-state index in [0.717, 1.165) is 11.7 Å². The number of ether oxygens (including phenoxy) is 1. The zero-order valence-electron chi connectivity index (χ0n) is 10.3. The Morgan fingerprint density at radius 2 is 2.31 bits per heavy atom. The highest BCUT2D eigenvalue weighted by Gasteiger charge is 2.14. The van der Waals surface area contributed by atoms with Gasteiger partial charge in [-0.15, -0.1) is 0 Å². The first-order chi connectivity index (χ1) is 7.79. The average molecular weight is 219 g/mol. The van der Waals surface area contributed by atoms with E-state index in [0.29, 0.717) is 0 Å². The molecule has 1 aliphatic rings. The van der Waals surface area contributed by atoms with E-state index < -0.39 is 0 Å². The Hall–Kier alpha value is -1.02. The molecule has 1 aromatic rings. The van der Waals surface area contributed by atoms with Crippen LogP contribution >= 0.6 is 0 Å². The first-order valence-corrected chi connectivity index (χ1v) is 6.14. The summed E-state index contributed by atoms with van der Waals surface area (Å²) in [5.74, 6) is 1.77. The predicted octanol–water partition coefficient (Wildman–Crippen LogP) is 2.55. The largest absolute Gasteiger partial charge is 0.497 e. The topological polar surface area (TPSA) is 21.3 Å². The molecule has 0 aliphatic carbocycles. The lowest BCUT2D eigenvalue weighted by Crippen LogP contribution is -2.30. The Morgan fingerprint density at radius 3 is 2.94 bits per heavy atom. The third kappa shape index (κ3) is 2.76. The van der Waals surface area contributed by atoms with Crippen molar-refractivity contribution in [3.05, 3.63) is 29.3 Å². The van der Waals surface area contributed by atoms with Crippen molar-refractivity contribution in [3.8, 4) is 5.75 Å². The molecule has 2 heteroatoms. The van der Waals surface area contributed by atoms with Crippen LogP contribution in [-0.2, 0) is 6.42 Å². The number of nitrogens with one attached hydrogen (secondary N) is 1. The van der Waals surface area contributed by atoms with Crippen LogP contribution in [0.5, 0.6) is 5.75 Å². The molecular formula is C14H21NO. The molecule has 2 rings (SSSR count). The molecule has 0 amide bonds. The third-order valence-corrected chi connectivity index (χ3v) is 3.46. The summed E-state index contributed by atoms with van der Waals surface area (Å²) in [5.41, 5.74) is 2.82. The van der Waals surface area contributed by atoms with Gasteiger partial charge in [-0.1, -0.05) is 6.07 Å². The van der Waals surface area contributed by atoms with Crippen molar-refractivity contribution < 1.29 is 4.74 Å². The molecular weight excluding hydrogens is 198 g/mol. The van der Waals surface area contributed by atoms with Crippen LogP contribution in [0.15, 0.2) is 18.2 Å². The summed E-state index contributed by atoms with van der Waals surface area (Å²) in [5, 5.41) is 3.47. The fourth-order valence-corrected chi connectivity index (χ4v) is 2.43. The minimum absolute atomic E-state index is 0.806. The van der Waals surface area contributed by atoms with E-state index in [2.05, 4.69) is 30.4 Å². The van der Waals surface area contributed by atoms with E-state index in [1.54, 1.807) is 7.11 Å². The molecule has 2 nitrogen and oxygen atoms in total. The van der Waals surface area contributed by atoms with Crippen molar-refractivity contribution in [2.24, 2.45) is 5.92 Å². The monoisotopic (exact) mass is 219 g/mol. The SMILES string of the molecule is COc1ccc(CC2CCCNC2)c(C)c1. The van der Waals surface area contributed by atoms with Crippen LogP contribution < -0.4 is 10.1 Å². The Bertz CT molecular complexity index is 343. The minimum atomic E-state index is 0.806. The highest BCUT2D eigenvalue weighted by Crippen LogP contribution is 2.22. The van der Waals surface area contributed by atoms with Crippen LogP contribution in [0.1, 0.15) is 24.0 Å². The molecule has 1 saturated heterocycles. The highest BCUT2D eigenvalue weighted by atomic mass is 16.5. The second-order valence-corrected chi connectivity index (χ2v) is 4.71. The maximum Gasteiger partial charge on any atom is 0.119 e. The molecule has 16 heavy (non-hydrogen) atoms. The average Bonchev–Trinajstić information content (AvgIpc) is 2.33. The molecule has 1 atom stereocenters. The van der Waals surface area contributed by atoms with Gasteiger partial charge < -0.3 is 10.1 Å². The van der Waals surface area contributed by atoms with Gasteiger partial charge in [0, 0.05) is 0 Å². The zero-order valence-corrected chi connectivity index (χ0v) is 10.3. The van der Waals surface area contributed by atoms with Gasteiger partial charge in [-0.3, -0.25) is 0 Å². The summed E-state index contributed by atoms with van der Waals surface area (Å²) in [6.07, 6.45) is 3.88. The zero-order chi connectivity index (χ0) is 11.4. The normalized spacial score (nSPS) is 20.8. The molecule has 0 radical (unpaired) electrons. The van der Waals surface area contributed by atoms with Crippen LogP contribution in [0.25, 0.3) is 0 Å². The van der Waals surface area contributed by atoms with Gasteiger partial charge in [0.15, 0.2) is 0 Å². The van der Waals surface area contributed by atoms with E-state index in [9.17, 15) is 0 Å². The van der Waals surface area contributed by atoms with Gasteiger partial charge in [0.05, 0.1) is 7.11 Å². The van der Waals surface area contributed by atoms with Crippen molar-refractivity contribution in [2.75, 3.05) is 20.2 Å². The molecule has 1 aliphatic heterocycles. The van der Waals surface area contributed by atoms with Crippen molar-refractivity contribution in [2.45, 2.75) is 26.2 Å². The van der Waals surface area contributed by atoms with Gasteiger partial charge in [-0.2, -0.15) is 0 Å². The maximum atomic E-state index is 5.23. The van der Waals surface area contributed by atoms with Gasteiger partial charge in [-0.05, 0) is 68.5 Å². The second-order valence-electron chi connectivity index (χ2n) is 4.71. The van der Waals surface area contributed by atoms with Crippen molar-refractivity contribution in [3.63, 3.8) is 0 Å². The molecule has 0 bridgehead atoms. The Kier molecular flexibility index (Phi) is 3.83. The number of rotatable bonds is 3. The van der Waals surface area contributed by atoms with E-state index >= 15 is 0 Å².